The number of amides is 2. The molecule has 2 heterocycles. The van der Waals surface area contributed by atoms with E-state index in [4.69, 9.17) is 0 Å². The van der Waals surface area contributed by atoms with Crippen LogP contribution in [0.3, 0.4) is 0 Å². The van der Waals surface area contributed by atoms with Crippen LogP contribution in [0.1, 0.15) is 40.0 Å². The number of carbonyl (C=O) groups excluding carboxylic acids is 1. The summed E-state index contributed by atoms with van der Waals surface area (Å²) in [6.45, 7) is 12.6. The van der Waals surface area contributed by atoms with Gasteiger partial charge in [0.1, 0.15) is 0 Å². The molecule has 0 spiro atoms. The van der Waals surface area contributed by atoms with Crippen LogP contribution in [0.15, 0.2) is 0 Å². The van der Waals surface area contributed by atoms with Gasteiger partial charge in [-0.1, -0.05) is 13.8 Å². The molecule has 0 aromatic heterocycles. The van der Waals surface area contributed by atoms with E-state index in [-0.39, 0.29) is 6.03 Å². The number of carbonyl (C=O) groups is 1. The molecule has 2 rings (SSSR count). The first-order valence-corrected chi connectivity index (χ1v) is 7.89. The van der Waals surface area contributed by atoms with Gasteiger partial charge >= 0.3 is 6.03 Å². The predicted molar refractivity (Wildman–Crippen MR) is 78.3 cm³/mol. The lowest BCUT2D eigenvalue weighted by Gasteiger charge is -2.41. The molecule has 1 unspecified atom stereocenters. The number of likely N-dealkylation sites (tertiary alicyclic amines) is 1. The molecule has 0 bridgehead atoms. The monoisotopic (exact) mass is 267 g/mol. The van der Waals surface area contributed by atoms with E-state index in [0.717, 1.165) is 45.2 Å². The van der Waals surface area contributed by atoms with Crippen LogP contribution in [-0.2, 0) is 0 Å². The fourth-order valence-corrected chi connectivity index (χ4v) is 3.01. The van der Waals surface area contributed by atoms with Gasteiger partial charge in [-0.25, -0.2) is 4.79 Å². The van der Waals surface area contributed by atoms with Crippen LogP contribution < -0.4 is 0 Å². The van der Waals surface area contributed by atoms with Crippen molar-refractivity contribution < 1.29 is 4.79 Å². The first kappa shape index (κ1) is 14.6. The van der Waals surface area contributed by atoms with Crippen LogP contribution in [0.25, 0.3) is 0 Å². The highest BCUT2D eigenvalue weighted by atomic mass is 16.2. The molecule has 1 atom stereocenters. The summed E-state index contributed by atoms with van der Waals surface area (Å²) in [7, 11) is 0. The highest BCUT2D eigenvalue weighted by Gasteiger charge is 2.28. The van der Waals surface area contributed by atoms with Crippen molar-refractivity contribution in [3.05, 3.63) is 0 Å². The van der Waals surface area contributed by atoms with Crippen molar-refractivity contribution in [3.63, 3.8) is 0 Å². The number of hydrogen-bond donors (Lipinski definition) is 0. The van der Waals surface area contributed by atoms with Gasteiger partial charge in [-0.2, -0.15) is 0 Å². The molecule has 2 saturated heterocycles. The summed E-state index contributed by atoms with van der Waals surface area (Å²) >= 11 is 0. The topological polar surface area (TPSA) is 26.8 Å². The minimum absolute atomic E-state index is 0.274. The fourth-order valence-electron chi connectivity index (χ4n) is 3.01. The molecule has 0 N–H and O–H groups in total. The van der Waals surface area contributed by atoms with Crippen molar-refractivity contribution >= 4 is 6.03 Å². The highest BCUT2D eigenvalue weighted by molar-refractivity contribution is 5.74. The van der Waals surface area contributed by atoms with Crippen molar-refractivity contribution in [1.82, 2.24) is 14.7 Å². The van der Waals surface area contributed by atoms with Crippen molar-refractivity contribution in [2.45, 2.75) is 46.1 Å². The normalized spacial score (nSPS) is 24.6. The number of hydrogen-bond acceptors (Lipinski definition) is 2. The Bertz CT molecular complexity index is 292. The van der Waals surface area contributed by atoms with Gasteiger partial charge in [-0.15, -0.1) is 0 Å². The third-order valence-electron chi connectivity index (χ3n) is 4.85. The van der Waals surface area contributed by atoms with Crippen LogP contribution >= 0.6 is 0 Å². The van der Waals surface area contributed by atoms with E-state index in [1.54, 1.807) is 0 Å². The second-order valence-electron chi connectivity index (χ2n) is 6.23. The molecule has 19 heavy (non-hydrogen) atoms. The lowest BCUT2D eigenvalue weighted by Crippen LogP contribution is -2.55. The van der Waals surface area contributed by atoms with Crippen LogP contribution in [-0.4, -0.2) is 66.0 Å². The second-order valence-corrected chi connectivity index (χ2v) is 6.23. The molecular formula is C15H29N3O. The first-order chi connectivity index (χ1) is 9.11. The van der Waals surface area contributed by atoms with Gasteiger partial charge in [0.2, 0.25) is 0 Å². The molecule has 0 aromatic rings. The minimum Gasteiger partial charge on any atom is -0.325 e. The van der Waals surface area contributed by atoms with E-state index in [0.29, 0.717) is 6.04 Å². The Balaban J connectivity index is 1.79. The van der Waals surface area contributed by atoms with E-state index >= 15 is 0 Å². The average Bonchev–Trinajstić information content (AvgIpc) is 2.46. The fraction of sp³-hybridized carbons (Fsp3) is 0.933. The molecule has 4 heteroatoms. The lowest BCUT2D eigenvalue weighted by molar-refractivity contribution is 0.0869. The third kappa shape index (κ3) is 3.62. The maximum Gasteiger partial charge on any atom is 0.320 e. The Morgan fingerprint density at radius 3 is 2.11 bits per heavy atom. The van der Waals surface area contributed by atoms with Crippen LogP contribution in [0.5, 0.6) is 0 Å². The van der Waals surface area contributed by atoms with Crippen LogP contribution in [0.4, 0.5) is 4.79 Å². The molecule has 2 aliphatic heterocycles. The zero-order chi connectivity index (χ0) is 13.8. The number of piperazine rings is 1. The van der Waals surface area contributed by atoms with E-state index in [2.05, 4.69) is 35.5 Å². The molecule has 110 valence electrons. The van der Waals surface area contributed by atoms with Crippen molar-refractivity contribution in [2.75, 3.05) is 39.3 Å². The van der Waals surface area contributed by atoms with E-state index in [1.165, 1.54) is 19.3 Å². The zero-order valence-corrected chi connectivity index (χ0v) is 12.8. The Morgan fingerprint density at radius 2 is 1.58 bits per heavy atom. The summed E-state index contributed by atoms with van der Waals surface area (Å²) in [6.07, 6.45) is 3.52. The second kappa shape index (κ2) is 6.60. The largest absolute Gasteiger partial charge is 0.325 e. The SMILES string of the molecule is CCC(C)N1CCN(C(=O)N2CCC(C)CC2)CC1. The standard InChI is InChI=1S/C15H29N3O/c1-4-14(3)16-9-11-18(12-10-16)15(19)17-7-5-13(2)6-8-17/h13-14H,4-12H2,1-3H3. The molecule has 2 fully saturated rings. The van der Waals surface area contributed by atoms with Crippen molar-refractivity contribution in [1.29, 1.82) is 0 Å². The molecule has 0 aliphatic carbocycles. The van der Waals surface area contributed by atoms with Gasteiger partial charge in [0.25, 0.3) is 0 Å². The molecule has 2 amide bonds. The molecule has 0 radical (unpaired) electrons. The maximum atomic E-state index is 12.4. The van der Waals surface area contributed by atoms with Gasteiger partial charge in [0.05, 0.1) is 0 Å². The molecule has 2 aliphatic rings. The summed E-state index contributed by atoms with van der Waals surface area (Å²) in [5.74, 6) is 0.784. The van der Waals surface area contributed by atoms with Crippen LogP contribution in [0.2, 0.25) is 0 Å². The quantitative estimate of drug-likeness (QED) is 0.767. The first-order valence-electron chi connectivity index (χ1n) is 7.89. The summed E-state index contributed by atoms with van der Waals surface area (Å²) in [5.41, 5.74) is 0. The molecule has 4 nitrogen and oxygen atoms in total. The van der Waals surface area contributed by atoms with Crippen molar-refractivity contribution in [3.8, 4) is 0 Å². The molecule has 0 saturated carbocycles. The average molecular weight is 267 g/mol. The zero-order valence-electron chi connectivity index (χ0n) is 12.8. The summed E-state index contributed by atoms with van der Waals surface area (Å²) in [5, 5.41) is 0. The lowest BCUT2D eigenvalue weighted by atomic mass is 9.99. The Labute approximate surface area is 117 Å². The smallest absolute Gasteiger partial charge is 0.320 e. The summed E-state index contributed by atoms with van der Waals surface area (Å²) in [4.78, 5) is 19.0. The Kier molecular flexibility index (Phi) is 5.08. The predicted octanol–water partition coefficient (Wildman–Crippen LogP) is 2.25. The van der Waals surface area contributed by atoms with Gasteiger partial charge < -0.3 is 9.80 Å². The van der Waals surface area contributed by atoms with Gasteiger partial charge in [0, 0.05) is 45.3 Å². The highest BCUT2D eigenvalue weighted by Crippen LogP contribution is 2.18. The minimum atomic E-state index is 0.274. The summed E-state index contributed by atoms with van der Waals surface area (Å²) in [6, 6.07) is 0.920. The van der Waals surface area contributed by atoms with E-state index in [9.17, 15) is 4.79 Å². The maximum absolute atomic E-state index is 12.4. The van der Waals surface area contributed by atoms with E-state index < -0.39 is 0 Å². The molecular weight excluding hydrogens is 238 g/mol. The summed E-state index contributed by atoms with van der Waals surface area (Å²) < 4.78 is 0. The van der Waals surface area contributed by atoms with Gasteiger partial charge in [0.15, 0.2) is 0 Å². The van der Waals surface area contributed by atoms with Gasteiger partial charge in [-0.05, 0) is 32.1 Å². The Hall–Kier alpha value is -0.770. The molecule has 0 aromatic carbocycles. The third-order valence-corrected chi connectivity index (χ3v) is 4.85. The number of piperidine rings is 1. The Morgan fingerprint density at radius 1 is 1.05 bits per heavy atom. The van der Waals surface area contributed by atoms with Crippen molar-refractivity contribution in [2.24, 2.45) is 5.92 Å². The number of rotatable bonds is 2. The number of nitrogens with zero attached hydrogens (tertiary/aromatic N) is 3. The van der Waals surface area contributed by atoms with E-state index in [1.807, 2.05) is 0 Å². The van der Waals surface area contributed by atoms with Gasteiger partial charge in [-0.3, -0.25) is 4.90 Å². The number of urea groups is 1. The van der Waals surface area contributed by atoms with Crippen LogP contribution in [0, 0.1) is 5.92 Å².